The first-order valence-electron chi connectivity index (χ1n) is 10.4. The van der Waals surface area contributed by atoms with Gasteiger partial charge in [-0.25, -0.2) is 0 Å². The predicted molar refractivity (Wildman–Crippen MR) is 118 cm³/mol. The Balaban J connectivity index is 1.88. The van der Waals surface area contributed by atoms with Gasteiger partial charge < -0.3 is 10.6 Å². The van der Waals surface area contributed by atoms with E-state index >= 15 is 0 Å². The second-order valence-corrected chi connectivity index (χ2v) is 7.84. The summed E-state index contributed by atoms with van der Waals surface area (Å²) in [5, 5.41) is 14.3. The van der Waals surface area contributed by atoms with Crippen molar-refractivity contribution >= 4 is 11.8 Å². The summed E-state index contributed by atoms with van der Waals surface area (Å²) in [4.78, 5) is 26.4. The molecule has 0 unspecified atom stereocenters. The minimum absolute atomic E-state index is 0.0634. The Kier molecular flexibility index (Phi) is 7.12. The topological polar surface area (TPSA) is 118 Å². The highest BCUT2D eigenvalue weighted by molar-refractivity contribution is 5.87. The number of aromatic nitrogens is 4. The van der Waals surface area contributed by atoms with Crippen LogP contribution in [0.1, 0.15) is 39.2 Å². The summed E-state index contributed by atoms with van der Waals surface area (Å²) in [6.45, 7) is 6.08. The number of aromatic amines is 1. The van der Waals surface area contributed by atoms with Crippen LogP contribution in [-0.2, 0) is 16.1 Å². The molecule has 0 spiro atoms. The fourth-order valence-corrected chi connectivity index (χ4v) is 3.73. The third-order valence-corrected chi connectivity index (χ3v) is 5.17. The number of carbonyl (C=O) groups excluding carboxylic acids is 2. The molecule has 1 atom stereocenters. The molecule has 3 N–H and O–H groups in total. The largest absolute Gasteiger partial charge is 0.368 e. The van der Waals surface area contributed by atoms with E-state index in [4.69, 9.17) is 5.73 Å². The minimum atomic E-state index is -0.641. The number of primary amides is 1. The first-order chi connectivity index (χ1) is 14.9. The number of tetrazole rings is 1. The van der Waals surface area contributed by atoms with E-state index in [0.29, 0.717) is 25.2 Å². The lowest BCUT2D eigenvalue weighted by molar-refractivity contribution is -0.141. The van der Waals surface area contributed by atoms with E-state index in [1.54, 1.807) is 4.90 Å². The highest BCUT2D eigenvalue weighted by Crippen LogP contribution is 2.30. The highest BCUT2D eigenvalue weighted by atomic mass is 16.2. The standard InChI is InChI=1S/C23H28N6O2/c1-4-7-20(30)29(21(15(2)3)22(24)31)14-16-10-12-17(13-11-16)18-8-5-6-9-19(18)23-25-27-28-26-23/h5-6,8-13,15,21H,4,7,14H2,1-3H3,(H2,24,31)(H,25,26,27,28)/t21-/m0/s1. The van der Waals surface area contributed by atoms with Crippen LogP contribution in [0.4, 0.5) is 0 Å². The molecule has 0 aliphatic heterocycles. The van der Waals surface area contributed by atoms with Gasteiger partial charge in [-0.05, 0) is 34.2 Å². The zero-order valence-electron chi connectivity index (χ0n) is 18.1. The molecule has 2 aromatic carbocycles. The van der Waals surface area contributed by atoms with Crippen molar-refractivity contribution < 1.29 is 9.59 Å². The van der Waals surface area contributed by atoms with Crippen LogP contribution in [0.15, 0.2) is 48.5 Å². The van der Waals surface area contributed by atoms with E-state index in [0.717, 1.165) is 22.3 Å². The maximum Gasteiger partial charge on any atom is 0.240 e. The minimum Gasteiger partial charge on any atom is -0.368 e. The molecule has 3 rings (SSSR count). The van der Waals surface area contributed by atoms with Gasteiger partial charge >= 0.3 is 0 Å². The molecule has 8 heteroatoms. The SMILES string of the molecule is CCCC(=O)N(Cc1ccc(-c2ccccc2-c2nn[nH]n2)cc1)[C@H](C(N)=O)C(C)C. The van der Waals surface area contributed by atoms with Gasteiger partial charge in [0.05, 0.1) is 0 Å². The fourth-order valence-electron chi connectivity index (χ4n) is 3.73. The Morgan fingerprint density at radius 1 is 1.06 bits per heavy atom. The Labute approximate surface area is 181 Å². The third-order valence-electron chi connectivity index (χ3n) is 5.17. The maximum atomic E-state index is 12.8. The van der Waals surface area contributed by atoms with Crippen LogP contribution < -0.4 is 5.73 Å². The average Bonchev–Trinajstić information content (AvgIpc) is 3.28. The second kappa shape index (κ2) is 9.97. The van der Waals surface area contributed by atoms with E-state index < -0.39 is 11.9 Å². The molecule has 1 heterocycles. The van der Waals surface area contributed by atoms with Gasteiger partial charge in [0.15, 0.2) is 0 Å². The molecule has 0 fully saturated rings. The normalized spacial score (nSPS) is 12.0. The number of nitrogens with two attached hydrogens (primary N) is 1. The predicted octanol–water partition coefficient (Wildman–Crippen LogP) is 3.17. The van der Waals surface area contributed by atoms with Crippen molar-refractivity contribution in [3.63, 3.8) is 0 Å². The Morgan fingerprint density at radius 3 is 2.29 bits per heavy atom. The van der Waals surface area contributed by atoms with Crippen LogP contribution >= 0.6 is 0 Å². The van der Waals surface area contributed by atoms with Crippen molar-refractivity contribution in [3.8, 4) is 22.5 Å². The van der Waals surface area contributed by atoms with Crippen LogP contribution in [0.25, 0.3) is 22.5 Å². The van der Waals surface area contributed by atoms with Crippen LogP contribution in [0.3, 0.4) is 0 Å². The molecule has 0 radical (unpaired) electrons. The Morgan fingerprint density at radius 2 is 1.74 bits per heavy atom. The molecule has 0 saturated heterocycles. The van der Waals surface area contributed by atoms with Crippen LogP contribution in [-0.4, -0.2) is 43.4 Å². The highest BCUT2D eigenvalue weighted by Gasteiger charge is 2.30. The van der Waals surface area contributed by atoms with Gasteiger partial charge in [-0.15, -0.1) is 10.2 Å². The second-order valence-electron chi connectivity index (χ2n) is 7.84. The molecular weight excluding hydrogens is 392 g/mol. The van der Waals surface area contributed by atoms with Gasteiger partial charge in [0.1, 0.15) is 6.04 Å². The molecule has 2 amide bonds. The van der Waals surface area contributed by atoms with E-state index in [1.165, 1.54) is 0 Å². The third kappa shape index (κ3) is 5.14. The quantitative estimate of drug-likeness (QED) is 0.551. The lowest BCUT2D eigenvalue weighted by Gasteiger charge is -2.32. The average molecular weight is 421 g/mol. The van der Waals surface area contributed by atoms with Crippen molar-refractivity contribution in [2.75, 3.05) is 0 Å². The summed E-state index contributed by atoms with van der Waals surface area (Å²) in [5.74, 6) is -0.0895. The van der Waals surface area contributed by atoms with Gasteiger partial charge in [-0.3, -0.25) is 9.59 Å². The number of carbonyl (C=O) groups is 2. The number of nitrogens with zero attached hydrogens (tertiary/aromatic N) is 4. The van der Waals surface area contributed by atoms with Gasteiger partial charge in [-0.1, -0.05) is 69.3 Å². The van der Waals surface area contributed by atoms with Gasteiger partial charge in [0, 0.05) is 18.5 Å². The molecule has 0 saturated carbocycles. The summed E-state index contributed by atoms with van der Waals surface area (Å²) < 4.78 is 0. The summed E-state index contributed by atoms with van der Waals surface area (Å²) in [6.07, 6.45) is 1.09. The zero-order chi connectivity index (χ0) is 22.4. The summed E-state index contributed by atoms with van der Waals surface area (Å²) in [7, 11) is 0. The van der Waals surface area contributed by atoms with E-state index in [9.17, 15) is 9.59 Å². The van der Waals surface area contributed by atoms with Crippen LogP contribution in [0.2, 0.25) is 0 Å². The van der Waals surface area contributed by atoms with Crippen molar-refractivity contribution in [2.45, 2.75) is 46.2 Å². The Hall–Kier alpha value is -3.55. The smallest absolute Gasteiger partial charge is 0.240 e. The number of amides is 2. The van der Waals surface area contributed by atoms with Crippen molar-refractivity contribution in [3.05, 3.63) is 54.1 Å². The molecule has 162 valence electrons. The van der Waals surface area contributed by atoms with Crippen molar-refractivity contribution in [1.29, 1.82) is 0 Å². The number of hydrogen-bond donors (Lipinski definition) is 2. The van der Waals surface area contributed by atoms with Gasteiger partial charge in [0.2, 0.25) is 17.6 Å². The number of hydrogen-bond acceptors (Lipinski definition) is 5. The van der Waals surface area contributed by atoms with Gasteiger partial charge in [-0.2, -0.15) is 5.21 Å². The number of rotatable bonds is 9. The molecule has 1 aromatic heterocycles. The molecule has 0 bridgehead atoms. The first kappa shape index (κ1) is 22.1. The lowest BCUT2D eigenvalue weighted by atomic mass is 9.97. The fraction of sp³-hybridized carbons (Fsp3) is 0.348. The van der Waals surface area contributed by atoms with E-state index in [-0.39, 0.29) is 11.8 Å². The van der Waals surface area contributed by atoms with Crippen molar-refractivity contribution in [1.82, 2.24) is 25.5 Å². The number of nitrogens with one attached hydrogen (secondary N) is 1. The van der Waals surface area contributed by atoms with Gasteiger partial charge in [0.25, 0.3) is 0 Å². The van der Waals surface area contributed by atoms with Crippen molar-refractivity contribution in [2.24, 2.45) is 11.7 Å². The van der Waals surface area contributed by atoms with Crippen LogP contribution in [0, 0.1) is 5.92 Å². The lowest BCUT2D eigenvalue weighted by Crippen LogP contribution is -2.50. The monoisotopic (exact) mass is 420 g/mol. The molecule has 0 aliphatic rings. The molecule has 31 heavy (non-hydrogen) atoms. The first-order valence-corrected chi connectivity index (χ1v) is 10.4. The molecule has 0 aliphatic carbocycles. The van der Waals surface area contributed by atoms with E-state index in [1.807, 2.05) is 69.3 Å². The summed E-state index contributed by atoms with van der Waals surface area (Å²) in [5.41, 5.74) is 9.41. The Bertz CT molecular complexity index is 1010. The molecule has 3 aromatic rings. The maximum absolute atomic E-state index is 12.8. The van der Waals surface area contributed by atoms with E-state index in [2.05, 4.69) is 20.6 Å². The summed E-state index contributed by atoms with van der Waals surface area (Å²) >= 11 is 0. The van der Waals surface area contributed by atoms with Crippen LogP contribution in [0.5, 0.6) is 0 Å². The number of benzene rings is 2. The number of H-pyrrole nitrogens is 1. The molecular formula is C23H28N6O2. The summed E-state index contributed by atoms with van der Waals surface area (Å²) in [6, 6.07) is 15.1. The molecule has 8 nitrogen and oxygen atoms in total. The zero-order valence-corrected chi connectivity index (χ0v) is 18.1.